The van der Waals surface area contributed by atoms with Gasteiger partial charge in [0.25, 0.3) is 0 Å². The number of carboxylic acids is 1. The SMILES string of the molecule is Cc1nc(-c2ccc(F)cn2)nc(C)c1C(C)C(=O)O. The molecule has 5 nitrogen and oxygen atoms in total. The van der Waals surface area contributed by atoms with Crippen LogP contribution in [-0.2, 0) is 4.79 Å². The highest BCUT2D eigenvalue weighted by Crippen LogP contribution is 2.24. The molecule has 0 saturated heterocycles. The number of aliphatic carboxylic acids is 1. The highest BCUT2D eigenvalue weighted by atomic mass is 19.1. The molecule has 1 N–H and O–H groups in total. The smallest absolute Gasteiger partial charge is 0.310 e. The second kappa shape index (κ2) is 5.32. The van der Waals surface area contributed by atoms with Crippen molar-refractivity contribution in [3.8, 4) is 11.5 Å². The third-order valence-electron chi connectivity index (χ3n) is 3.09. The molecular formula is C14H14FN3O2. The second-order valence-electron chi connectivity index (χ2n) is 4.55. The molecule has 20 heavy (non-hydrogen) atoms. The van der Waals surface area contributed by atoms with E-state index in [0.717, 1.165) is 6.20 Å². The molecule has 0 bridgehead atoms. The van der Waals surface area contributed by atoms with Crippen LogP contribution in [0, 0.1) is 19.7 Å². The number of pyridine rings is 1. The first-order valence-corrected chi connectivity index (χ1v) is 6.10. The van der Waals surface area contributed by atoms with E-state index < -0.39 is 17.7 Å². The number of carbonyl (C=O) groups is 1. The van der Waals surface area contributed by atoms with Crippen molar-refractivity contribution in [2.45, 2.75) is 26.7 Å². The van der Waals surface area contributed by atoms with E-state index in [9.17, 15) is 9.18 Å². The number of nitrogens with zero attached hydrogens (tertiary/aromatic N) is 3. The molecule has 2 aromatic heterocycles. The van der Waals surface area contributed by atoms with Gasteiger partial charge in [-0.25, -0.2) is 19.3 Å². The van der Waals surface area contributed by atoms with Crippen molar-refractivity contribution >= 4 is 5.97 Å². The standard InChI is InChI=1S/C14H14FN3O2/c1-7(14(19)20)12-8(2)17-13(18-9(12)3)11-5-4-10(15)6-16-11/h4-7H,1-3H3,(H,19,20). The number of hydrogen-bond acceptors (Lipinski definition) is 4. The van der Waals surface area contributed by atoms with Crippen molar-refractivity contribution < 1.29 is 14.3 Å². The molecule has 104 valence electrons. The van der Waals surface area contributed by atoms with Crippen molar-refractivity contribution in [1.82, 2.24) is 15.0 Å². The zero-order valence-corrected chi connectivity index (χ0v) is 11.4. The van der Waals surface area contributed by atoms with Crippen LogP contribution in [0.5, 0.6) is 0 Å². The van der Waals surface area contributed by atoms with Crippen LogP contribution in [0.3, 0.4) is 0 Å². The van der Waals surface area contributed by atoms with E-state index in [1.165, 1.54) is 12.1 Å². The van der Waals surface area contributed by atoms with E-state index in [1.807, 2.05) is 0 Å². The first-order valence-electron chi connectivity index (χ1n) is 6.10. The van der Waals surface area contributed by atoms with E-state index >= 15 is 0 Å². The molecule has 0 aromatic carbocycles. The van der Waals surface area contributed by atoms with Crippen LogP contribution in [0.15, 0.2) is 18.3 Å². The Kier molecular flexibility index (Phi) is 3.74. The lowest BCUT2D eigenvalue weighted by atomic mass is 9.98. The zero-order chi connectivity index (χ0) is 14.9. The summed E-state index contributed by atoms with van der Waals surface area (Å²) in [5, 5.41) is 9.09. The molecular weight excluding hydrogens is 261 g/mol. The summed E-state index contributed by atoms with van der Waals surface area (Å²) >= 11 is 0. The van der Waals surface area contributed by atoms with Gasteiger partial charge in [-0.05, 0) is 32.9 Å². The van der Waals surface area contributed by atoms with Gasteiger partial charge < -0.3 is 5.11 Å². The van der Waals surface area contributed by atoms with Gasteiger partial charge in [0, 0.05) is 17.0 Å². The van der Waals surface area contributed by atoms with E-state index in [1.54, 1.807) is 20.8 Å². The fourth-order valence-electron chi connectivity index (χ4n) is 2.10. The number of carboxylic acid groups (broad SMARTS) is 1. The fourth-order valence-corrected chi connectivity index (χ4v) is 2.10. The van der Waals surface area contributed by atoms with Gasteiger partial charge in [0.05, 0.1) is 12.1 Å². The molecule has 0 spiro atoms. The summed E-state index contributed by atoms with van der Waals surface area (Å²) in [5.74, 6) is -1.67. The van der Waals surface area contributed by atoms with Gasteiger partial charge in [-0.3, -0.25) is 4.79 Å². The lowest BCUT2D eigenvalue weighted by Crippen LogP contribution is -2.13. The molecule has 1 unspecified atom stereocenters. The van der Waals surface area contributed by atoms with E-state index in [-0.39, 0.29) is 0 Å². The maximum atomic E-state index is 12.9. The van der Waals surface area contributed by atoms with E-state index in [4.69, 9.17) is 5.11 Å². The number of aryl methyl sites for hydroxylation is 2. The number of aromatic nitrogens is 3. The van der Waals surface area contributed by atoms with Crippen LogP contribution in [0.1, 0.15) is 29.8 Å². The number of halogens is 1. The van der Waals surface area contributed by atoms with E-state index in [2.05, 4.69) is 15.0 Å². The highest BCUT2D eigenvalue weighted by molar-refractivity contribution is 5.76. The van der Waals surface area contributed by atoms with Crippen LogP contribution < -0.4 is 0 Å². The molecule has 0 fully saturated rings. The molecule has 0 aliphatic heterocycles. The molecule has 2 aromatic rings. The monoisotopic (exact) mass is 275 g/mol. The molecule has 0 amide bonds. The Hall–Kier alpha value is -2.37. The minimum atomic E-state index is -0.924. The third kappa shape index (κ3) is 2.64. The van der Waals surface area contributed by atoms with Gasteiger partial charge in [0.1, 0.15) is 11.5 Å². The Morgan fingerprint density at radius 2 is 1.85 bits per heavy atom. The van der Waals surface area contributed by atoms with Gasteiger partial charge in [0.15, 0.2) is 5.82 Å². The largest absolute Gasteiger partial charge is 0.481 e. The predicted molar refractivity (Wildman–Crippen MR) is 70.7 cm³/mol. The minimum Gasteiger partial charge on any atom is -0.481 e. The molecule has 0 saturated carbocycles. The molecule has 2 heterocycles. The number of hydrogen-bond donors (Lipinski definition) is 1. The first kappa shape index (κ1) is 14.0. The van der Waals surface area contributed by atoms with Crippen molar-refractivity contribution in [3.05, 3.63) is 41.1 Å². The molecule has 2 rings (SSSR count). The average molecular weight is 275 g/mol. The Balaban J connectivity index is 2.50. The number of rotatable bonds is 3. The van der Waals surface area contributed by atoms with Crippen molar-refractivity contribution in [2.24, 2.45) is 0 Å². The Labute approximate surface area is 115 Å². The maximum absolute atomic E-state index is 12.9. The van der Waals surface area contributed by atoms with Crippen molar-refractivity contribution in [1.29, 1.82) is 0 Å². The van der Waals surface area contributed by atoms with Gasteiger partial charge in [-0.15, -0.1) is 0 Å². The maximum Gasteiger partial charge on any atom is 0.310 e. The summed E-state index contributed by atoms with van der Waals surface area (Å²) in [7, 11) is 0. The average Bonchev–Trinajstić information content (AvgIpc) is 2.38. The first-order chi connectivity index (χ1) is 9.40. The summed E-state index contributed by atoms with van der Waals surface area (Å²) in [6.07, 6.45) is 1.09. The van der Waals surface area contributed by atoms with Crippen molar-refractivity contribution in [2.75, 3.05) is 0 Å². The highest BCUT2D eigenvalue weighted by Gasteiger charge is 2.21. The minimum absolute atomic E-state index is 0.362. The Morgan fingerprint density at radius 3 is 2.30 bits per heavy atom. The molecule has 1 atom stereocenters. The summed E-state index contributed by atoms with van der Waals surface area (Å²) in [6.45, 7) is 5.06. The molecule has 0 radical (unpaired) electrons. The van der Waals surface area contributed by atoms with E-state index in [0.29, 0.717) is 28.5 Å². The fraction of sp³-hybridized carbons (Fsp3) is 0.286. The van der Waals surface area contributed by atoms with Gasteiger partial charge in [-0.1, -0.05) is 0 Å². The van der Waals surface area contributed by atoms with Crippen LogP contribution >= 0.6 is 0 Å². The quantitative estimate of drug-likeness (QED) is 0.931. The van der Waals surface area contributed by atoms with Crippen LogP contribution in [0.4, 0.5) is 4.39 Å². The normalized spacial score (nSPS) is 12.2. The third-order valence-corrected chi connectivity index (χ3v) is 3.09. The molecule has 6 heteroatoms. The van der Waals surface area contributed by atoms with Crippen LogP contribution in [0.2, 0.25) is 0 Å². The van der Waals surface area contributed by atoms with Crippen LogP contribution in [-0.4, -0.2) is 26.0 Å². The Morgan fingerprint density at radius 1 is 1.25 bits per heavy atom. The van der Waals surface area contributed by atoms with Crippen LogP contribution in [0.25, 0.3) is 11.5 Å². The summed E-state index contributed by atoms with van der Waals surface area (Å²) in [6, 6.07) is 2.77. The Bertz CT molecular complexity index is 633. The summed E-state index contributed by atoms with van der Waals surface area (Å²) in [4.78, 5) is 23.6. The zero-order valence-electron chi connectivity index (χ0n) is 11.4. The van der Waals surface area contributed by atoms with Gasteiger partial charge >= 0.3 is 5.97 Å². The molecule has 0 aliphatic carbocycles. The topological polar surface area (TPSA) is 76.0 Å². The summed E-state index contributed by atoms with van der Waals surface area (Å²) in [5.41, 5.74) is 2.23. The van der Waals surface area contributed by atoms with Gasteiger partial charge in [-0.2, -0.15) is 0 Å². The lowest BCUT2D eigenvalue weighted by Gasteiger charge is -2.13. The van der Waals surface area contributed by atoms with Crippen molar-refractivity contribution in [3.63, 3.8) is 0 Å². The summed E-state index contributed by atoms with van der Waals surface area (Å²) < 4.78 is 12.9. The second-order valence-corrected chi connectivity index (χ2v) is 4.55. The predicted octanol–water partition coefficient (Wildman–Crippen LogP) is 2.48. The van der Waals surface area contributed by atoms with Gasteiger partial charge in [0.2, 0.25) is 0 Å². The molecule has 0 aliphatic rings. The lowest BCUT2D eigenvalue weighted by molar-refractivity contribution is -0.138.